The van der Waals surface area contributed by atoms with E-state index in [0.29, 0.717) is 10.6 Å². The Labute approximate surface area is 126 Å². The van der Waals surface area contributed by atoms with Crippen molar-refractivity contribution in [2.45, 2.75) is 0 Å². The van der Waals surface area contributed by atoms with Gasteiger partial charge < -0.3 is 5.11 Å². The number of carbonyl (C=O) groups is 1. The van der Waals surface area contributed by atoms with Crippen molar-refractivity contribution in [3.8, 4) is 21.1 Å². The molecule has 3 aromatic rings. The van der Waals surface area contributed by atoms with E-state index in [0.717, 1.165) is 11.3 Å². The monoisotopic (exact) mass is 323 g/mol. The molecule has 0 aliphatic heterocycles. The summed E-state index contributed by atoms with van der Waals surface area (Å²) in [5.41, 5.74) is 0.514. The summed E-state index contributed by atoms with van der Waals surface area (Å²) in [6.07, 6.45) is 0. The predicted octanol–water partition coefficient (Wildman–Crippen LogP) is 4.52. The quantitative estimate of drug-likeness (QED) is 0.771. The summed E-state index contributed by atoms with van der Waals surface area (Å²) in [5.74, 6) is -2.37. The minimum absolute atomic E-state index is 0.163. The van der Waals surface area contributed by atoms with Crippen LogP contribution in [0.4, 0.5) is 8.78 Å². The second-order valence-electron chi connectivity index (χ2n) is 4.14. The van der Waals surface area contributed by atoms with Crippen LogP contribution in [0.3, 0.4) is 0 Å². The standard InChI is InChI=1S/C14H7F2NO2S2/c15-8-2-1-3-9(16)12(8)13-17-10(6-21-13)11-4-7(5-20-11)14(18)19/h1-6H,(H,18,19). The van der Waals surface area contributed by atoms with Gasteiger partial charge >= 0.3 is 5.97 Å². The molecule has 0 aliphatic carbocycles. The van der Waals surface area contributed by atoms with Crippen LogP contribution >= 0.6 is 22.7 Å². The van der Waals surface area contributed by atoms with Crippen LogP contribution in [0.1, 0.15) is 10.4 Å². The van der Waals surface area contributed by atoms with Crippen LogP contribution in [-0.2, 0) is 0 Å². The van der Waals surface area contributed by atoms with Gasteiger partial charge in [0.05, 0.1) is 21.7 Å². The molecule has 0 aliphatic rings. The van der Waals surface area contributed by atoms with E-state index in [4.69, 9.17) is 5.11 Å². The van der Waals surface area contributed by atoms with Gasteiger partial charge in [0.25, 0.3) is 0 Å². The zero-order chi connectivity index (χ0) is 15.0. The van der Waals surface area contributed by atoms with E-state index < -0.39 is 17.6 Å². The molecule has 1 N–H and O–H groups in total. The van der Waals surface area contributed by atoms with Crippen LogP contribution < -0.4 is 0 Å². The topological polar surface area (TPSA) is 50.2 Å². The van der Waals surface area contributed by atoms with Crippen molar-refractivity contribution in [1.29, 1.82) is 0 Å². The molecule has 3 rings (SSSR count). The Morgan fingerprint density at radius 2 is 1.86 bits per heavy atom. The summed E-state index contributed by atoms with van der Waals surface area (Å²) in [5, 5.41) is 12.3. The first kappa shape index (κ1) is 13.8. The van der Waals surface area contributed by atoms with Crippen LogP contribution in [-0.4, -0.2) is 16.1 Å². The Morgan fingerprint density at radius 3 is 2.48 bits per heavy atom. The lowest BCUT2D eigenvalue weighted by molar-refractivity contribution is 0.0697. The highest BCUT2D eigenvalue weighted by Gasteiger charge is 2.16. The summed E-state index contributed by atoms with van der Waals surface area (Å²) in [7, 11) is 0. The number of hydrogen-bond acceptors (Lipinski definition) is 4. The first-order chi connectivity index (χ1) is 10.1. The second kappa shape index (κ2) is 5.34. The number of aromatic carboxylic acids is 1. The van der Waals surface area contributed by atoms with E-state index in [1.54, 1.807) is 5.38 Å². The molecular formula is C14H7F2NO2S2. The second-order valence-corrected chi connectivity index (χ2v) is 5.91. The third-order valence-electron chi connectivity index (χ3n) is 2.78. The summed E-state index contributed by atoms with van der Waals surface area (Å²) >= 11 is 2.34. The minimum atomic E-state index is -1.02. The van der Waals surface area contributed by atoms with Gasteiger partial charge in [0, 0.05) is 10.8 Å². The van der Waals surface area contributed by atoms with Crippen LogP contribution in [0.25, 0.3) is 21.1 Å². The van der Waals surface area contributed by atoms with Gasteiger partial charge in [0.15, 0.2) is 0 Å². The number of hydrogen-bond donors (Lipinski definition) is 1. The lowest BCUT2D eigenvalue weighted by Gasteiger charge is -1.99. The van der Waals surface area contributed by atoms with Gasteiger partial charge in [-0.15, -0.1) is 22.7 Å². The zero-order valence-electron chi connectivity index (χ0n) is 10.3. The van der Waals surface area contributed by atoms with E-state index in [1.165, 1.54) is 41.0 Å². The van der Waals surface area contributed by atoms with Gasteiger partial charge in [-0.2, -0.15) is 0 Å². The molecule has 0 amide bonds. The number of rotatable bonds is 3. The van der Waals surface area contributed by atoms with Gasteiger partial charge in [-0.25, -0.2) is 18.6 Å². The zero-order valence-corrected chi connectivity index (χ0v) is 12.0. The van der Waals surface area contributed by atoms with Crippen molar-refractivity contribution >= 4 is 28.6 Å². The lowest BCUT2D eigenvalue weighted by Crippen LogP contribution is -1.91. The molecule has 106 valence electrons. The summed E-state index contributed by atoms with van der Waals surface area (Å²) in [6, 6.07) is 5.13. The molecule has 0 spiro atoms. The fourth-order valence-corrected chi connectivity index (χ4v) is 3.57. The Morgan fingerprint density at radius 1 is 1.14 bits per heavy atom. The van der Waals surface area contributed by atoms with Crippen molar-refractivity contribution in [1.82, 2.24) is 4.98 Å². The van der Waals surface area contributed by atoms with E-state index in [9.17, 15) is 13.6 Å². The minimum Gasteiger partial charge on any atom is -0.478 e. The molecule has 0 saturated heterocycles. The maximum atomic E-state index is 13.7. The van der Waals surface area contributed by atoms with Crippen LogP contribution in [0, 0.1) is 11.6 Å². The molecule has 21 heavy (non-hydrogen) atoms. The van der Waals surface area contributed by atoms with E-state index in [-0.39, 0.29) is 16.1 Å². The molecule has 3 nitrogen and oxygen atoms in total. The van der Waals surface area contributed by atoms with Crippen molar-refractivity contribution in [2.75, 3.05) is 0 Å². The van der Waals surface area contributed by atoms with Crippen molar-refractivity contribution in [2.24, 2.45) is 0 Å². The first-order valence-corrected chi connectivity index (χ1v) is 7.54. The van der Waals surface area contributed by atoms with Crippen LogP contribution in [0.5, 0.6) is 0 Å². The van der Waals surface area contributed by atoms with Crippen molar-refractivity contribution in [3.05, 3.63) is 52.2 Å². The fourth-order valence-electron chi connectivity index (χ4n) is 1.79. The number of carboxylic acid groups (broad SMARTS) is 1. The fraction of sp³-hybridized carbons (Fsp3) is 0. The molecular weight excluding hydrogens is 316 g/mol. The summed E-state index contributed by atoms with van der Waals surface area (Å²) in [6.45, 7) is 0. The summed E-state index contributed by atoms with van der Waals surface area (Å²) in [4.78, 5) is 15.7. The van der Waals surface area contributed by atoms with Crippen LogP contribution in [0.2, 0.25) is 0 Å². The number of thiazole rings is 1. The van der Waals surface area contributed by atoms with Crippen LogP contribution in [0.15, 0.2) is 35.0 Å². The molecule has 0 bridgehead atoms. The van der Waals surface area contributed by atoms with Gasteiger partial charge in [-0.1, -0.05) is 6.07 Å². The predicted molar refractivity (Wildman–Crippen MR) is 77.7 cm³/mol. The highest BCUT2D eigenvalue weighted by Crippen LogP contribution is 2.34. The number of thiophene rings is 1. The maximum Gasteiger partial charge on any atom is 0.336 e. The number of nitrogens with zero attached hydrogens (tertiary/aromatic N) is 1. The smallest absolute Gasteiger partial charge is 0.336 e. The average molecular weight is 323 g/mol. The maximum absolute atomic E-state index is 13.7. The molecule has 0 saturated carbocycles. The molecule has 1 aromatic carbocycles. The SMILES string of the molecule is O=C(O)c1csc(-c2csc(-c3c(F)cccc3F)n2)c1. The largest absolute Gasteiger partial charge is 0.478 e. The van der Waals surface area contributed by atoms with Gasteiger partial charge in [-0.3, -0.25) is 0 Å². The Balaban J connectivity index is 2.02. The van der Waals surface area contributed by atoms with Gasteiger partial charge in [-0.05, 0) is 18.2 Å². The third kappa shape index (κ3) is 2.57. The molecule has 0 unspecified atom stereocenters. The first-order valence-electron chi connectivity index (χ1n) is 5.78. The molecule has 2 heterocycles. The highest BCUT2D eigenvalue weighted by atomic mass is 32.1. The Hall–Kier alpha value is -2.12. The Bertz CT molecular complexity index is 806. The number of benzene rings is 1. The summed E-state index contributed by atoms with van der Waals surface area (Å²) < 4.78 is 27.4. The average Bonchev–Trinajstić information content (AvgIpc) is 3.07. The van der Waals surface area contributed by atoms with Gasteiger partial charge in [0.1, 0.15) is 16.6 Å². The molecule has 0 fully saturated rings. The number of halogens is 2. The van der Waals surface area contributed by atoms with E-state index >= 15 is 0 Å². The highest BCUT2D eigenvalue weighted by molar-refractivity contribution is 7.15. The normalized spacial score (nSPS) is 10.8. The molecule has 0 atom stereocenters. The number of carboxylic acids is 1. The van der Waals surface area contributed by atoms with Crippen molar-refractivity contribution in [3.63, 3.8) is 0 Å². The van der Waals surface area contributed by atoms with E-state index in [2.05, 4.69) is 4.98 Å². The van der Waals surface area contributed by atoms with Gasteiger partial charge in [0.2, 0.25) is 0 Å². The van der Waals surface area contributed by atoms with E-state index in [1.807, 2.05) is 0 Å². The molecule has 7 heteroatoms. The number of aromatic nitrogens is 1. The van der Waals surface area contributed by atoms with Crippen molar-refractivity contribution < 1.29 is 18.7 Å². The lowest BCUT2D eigenvalue weighted by atomic mass is 10.2. The third-order valence-corrected chi connectivity index (χ3v) is 4.59. The molecule has 2 aromatic heterocycles. The molecule has 0 radical (unpaired) electrons. The Kier molecular flexibility index (Phi) is 3.52.